The molecule has 4 nitrogen and oxygen atoms in total. The maximum atomic E-state index is 11.3. The predicted molar refractivity (Wildman–Crippen MR) is 89.7 cm³/mol. The van der Waals surface area contributed by atoms with E-state index < -0.39 is 0 Å². The van der Waals surface area contributed by atoms with Gasteiger partial charge in [-0.25, -0.2) is 0 Å². The highest BCUT2D eigenvalue weighted by atomic mass is 35.5. The molecule has 1 amide bonds. The zero-order valence-corrected chi connectivity index (χ0v) is 14.1. The molecule has 0 heterocycles. The Balaban J connectivity index is 3.03. The maximum Gasteiger partial charge on any atom is 0.236 e. The second-order valence-corrected chi connectivity index (χ2v) is 6.36. The zero-order valence-electron chi connectivity index (χ0n) is 13.3. The molecule has 0 bridgehead atoms. The summed E-state index contributed by atoms with van der Waals surface area (Å²) in [7, 11) is 0. The molecule has 0 unspecified atom stereocenters. The van der Waals surface area contributed by atoms with Crippen molar-refractivity contribution >= 4 is 23.2 Å². The van der Waals surface area contributed by atoms with Crippen LogP contribution >= 0.6 is 11.6 Å². The van der Waals surface area contributed by atoms with Crippen molar-refractivity contribution in [1.82, 2.24) is 5.32 Å². The number of amides is 1. The number of nitrogens with two attached hydrogens (primary N) is 1. The molecule has 0 saturated heterocycles. The van der Waals surface area contributed by atoms with E-state index in [1.165, 1.54) is 0 Å². The number of hydrogen-bond acceptors (Lipinski definition) is 3. The van der Waals surface area contributed by atoms with E-state index in [9.17, 15) is 4.79 Å². The Morgan fingerprint density at radius 2 is 2.00 bits per heavy atom. The molecule has 0 aliphatic rings. The molecule has 0 aliphatic carbocycles. The number of rotatable bonds is 8. The minimum Gasteiger partial charge on any atom is -0.368 e. The number of halogens is 1. The van der Waals surface area contributed by atoms with Crippen LogP contribution in [0.4, 0.5) is 5.69 Å². The van der Waals surface area contributed by atoms with Gasteiger partial charge < -0.3 is 16.0 Å². The summed E-state index contributed by atoms with van der Waals surface area (Å²) in [4.78, 5) is 13.3. The molecule has 0 atom stereocenters. The van der Waals surface area contributed by atoms with Crippen LogP contribution in [0.5, 0.6) is 0 Å². The van der Waals surface area contributed by atoms with E-state index >= 15 is 0 Å². The van der Waals surface area contributed by atoms with Gasteiger partial charge in [-0.3, -0.25) is 4.79 Å². The van der Waals surface area contributed by atoms with Crippen molar-refractivity contribution in [2.45, 2.75) is 40.3 Å². The first-order valence-corrected chi connectivity index (χ1v) is 7.73. The Morgan fingerprint density at radius 3 is 2.52 bits per heavy atom. The van der Waals surface area contributed by atoms with E-state index in [1.54, 1.807) is 0 Å². The third kappa shape index (κ3) is 5.56. The van der Waals surface area contributed by atoms with Gasteiger partial charge in [-0.2, -0.15) is 0 Å². The number of carbonyl (C=O) groups excluding carboxylic acids is 1. The number of primary amides is 1. The monoisotopic (exact) mass is 311 g/mol. The van der Waals surface area contributed by atoms with Crippen LogP contribution in [0.2, 0.25) is 5.02 Å². The van der Waals surface area contributed by atoms with Gasteiger partial charge in [0.25, 0.3) is 0 Å². The van der Waals surface area contributed by atoms with Gasteiger partial charge in [0.2, 0.25) is 5.91 Å². The SMILES string of the molecule is CC(C)CNCc1c(Cl)cccc1N(CC(N)=O)C(C)C. The number of hydrogen-bond donors (Lipinski definition) is 2. The van der Waals surface area contributed by atoms with Crippen molar-refractivity contribution in [1.29, 1.82) is 0 Å². The quantitative estimate of drug-likeness (QED) is 0.776. The predicted octanol–water partition coefficient (Wildman–Crippen LogP) is 2.79. The summed E-state index contributed by atoms with van der Waals surface area (Å²) in [5.41, 5.74) is 7.34. The lowest BCUT2D eigenvalue weighted by Gasteiger charge is -2.30. The van der Waals surface area contributed by atoms with Crippen molar-refractivity contribution < 1.29 is 4.79 Å². The maximum absolute atomic E-state index is 11.3. The first-order valence-electron chi connectivity index (χ1n) is 7.36. The van der Waals surface area contributed by atoms with Crippen molar-refractivity contribution in [3.05, 3.63) is 28.8 Å². The normalized spacial score (nSPS) is 11.2. The minimum atomic E-state index is -0.343. The average Bonchev–Trinajstić information content (AvgIpc) is 2.37. The molecule has 1 rings (SSSR count). The van der Waals surface area contributed by atoms with Crippen molar-refractivity contribution in [2.24, 2.45) is 11.7 Å². The summed E-state index contributed by atoms with van der Waals surface area (Å²) in [6, 6.07) is 5.93. The third-order valence-corrected chi connectivity index (χ3v) is 3.56. The lowest BCUT2D eigenvalue weighted by atomic mass is 10.1. The van der Waals surface area contributed by atoms with Gasteiger partial charge in [0.1, 0.15) is 0 Å². The standard InChI is InChI=1S/C16H26ClN3O/c1-11(2)8-19-9-13-14(17)6-5-7-15(13)20(12(3)4)10-16(18)21/h5-7,11-12,19H,8-10H2,1-4H3,(H2,18,21). The molecule has 1 aromatic rings. The molecule has 0 aromatic heterocycles. The van der Waals surface area contributed by atoms with Crippen LogP contribution in [0.3, 0.4) is 0 Å². The highest BCUT2D eigenvalue weighted by Gasteiger charge is 2.18. The molecular formula is C16H26ClN3O. The molecule has 3 N–H and O–H groups in total. The van der Waals surface area contributed by atoms with Crippen LogP contribution in [-0.4, -0.2) is 25.0 Å². The van der Waals surface area contributed by atoms with Crippen molar-refractivity contribution in [3.63, 3.8) is 0 Å². The van der Waals surface area contributed by atoms with E-state index in [1.807, 2.05) is 36.9 Å². The Hall–Kier alpha value is -1.26. The zero-order chi connectivity index (χ0) is 16.0. The van der Waals surface area contributed by atoms with Gasteiger partial charge in [-0.1, -0.05) is 31.5 Å². The fourth-order valence-corrected chi connectivity index (χ4v) is 2.43. The van der Waals surface area contributed by atoms with Gasteiger partial charge >= 0.3 is 0 Å². The molecular weight excluding hydrogens is 286 g/mol. The van der Waals surface area contributed by atoms with E-state index in [4.69, 9.17) is 17.3 Å². The fraction of sp³-hybridized carbons (Fsp3) is 0.562. The van der Waals surface area contributed by atoms with Gasteiger partial charge in [0.15, 0.2) is 0 Å². The molecule has 0 radical (unpaired) electrons. The second kappa shape index (κ2) is 8.25. The van der Waals surface area contributed by atoms with Crippen molar-refractivity contribution in [2.75, 3.05) is 18.0 Å². The summed E-state index contributed by atoms with van der Waals surface area (Å²) in [6.07, 6.45) is 0. The van der Waals surface area contributed by atoms with E-state index in [-0.39, 0.29) is 18.5 Å². The number of carbonyl (C=O) groups is 1. The summed E-state index contributed by atoms with van der Waals surface area (Å²) >= 11 is 6.35. The average molecular weight is 312 g/mol. The van der Waals surface area contributed by atoms with E-state index in [0.717, 1.165) is 17.8 Å². The van der Waals surface area contributed by atoms with Crippen LogP contribution in [-0.2, 0) is 11.3 Å². The first-order chi connectivity index (χ1) is 9.82. The van der Waals surface area contributed by atoms with E-state index in [2.05, 4.69) is 19.2 Å². The molecule has 5 heteroatoms. The Bertz CT molecular complexity index is 475. The summed E-state index contributed by atoms with van der Waals surface area (Å²) in [5, 5.41) is 4.11. The smallest absolute Gasteiger partial charge is 0.236 e. The van der Waals surface area contributed by atoms with E-state index in [0.29, 0.717) is 17.5 Å². The number of benzene rings is 1. The molecule has 0 fully saturated rings. The second-order valence-electron chi connectivity index (χ2n) is 5.95. The fourth-order valence-electron chi connectivity index (χ4n) is 2.19. The van der Waals surface area contributed by atoms with Gasteiger partial charge in [0.05, 0.1) is 6.54 Å². The molecule has 0 saturated carbocycles. The molecule has 21 heavy (non-hydrogen) atoms. The number of nitrogens with zero attached hydrogens (tertiary/aromatic N) is 1. The first kappa shape index (κ1) is 17.8. The van der Waals surface area contributed by atoms with Crippen LogP contribution in [0.25, 0.3) is 0 Å². The Labute approximate surface area is 132 Å². The highest BCUT2D eigenvalue weighted by Crippen LogP contribution is 2.28. The lowest BCUT2D eigenvalue weighted by Crippen LogP contribution is -2.39. The number of anilines is 1. The van der Waals surface area contributed by atoms with Gasteiger partial charge in [0, 0.05) is 28.9 Å². The Morgan fingerprint density at radius 1 is 1.33 bits per heavy atom. The topological polar surface area (TPSA) is 58.4 Å². The summed E-state index contributed by atoms with van der Waals surface area (Å²) < 4.78 is 0. The third-order valence-electron chi connectivity index (χ3n) is 3.21. The highest BCUT2D eigenvalue weighted by molar-refractivity contribution is 6.31. The number of nitrogens with one attached hydrogen (secondary N) is 1. The van der Waals surface area contributed by atoms with Crippen LogP contribution in [0.1, 0.15) is 33.3 Å². The minimum absolute atomic E-state index is 0.166. The van der Waals surface area contributed by atoms with Crippen LogP contribution in [0, 0.1) is 5.92 Å². The molecule has 118 valence electrons. The molecule has 1 aromatic carbocycles. The molecule has 0 aliphatic heterocycles. The summed E-state index contributed by atoms with van der Waals surface area (Å²) in [5.74, 6) is 0.229. The van der Waals surface area contributed by atoms with Crippen LogP contribution < -0.4 is 16.0 Å². The molecule has 0 spiro atoms. The van der Waals surface area contributed by atoms with Crippen LogP contribution in [0.15, 0.2) is 18.2 Å². The van der Waals surface area contributed by atoms with Crippen molar-refractivity contribution in [3.8, 4) is 0 Å². The van der Waals surface area contributed by atoms with Gasteiger partial charge in [-0.15, -0.1) is 0 Å². The summed E-state index contributed by atoms with van der Waals surface area (Å²) in [6.45, 7) is 10.2. The largest absolute Gasteiger partial charge is 0.368 e. The lowest BCUT2D eigenvalue weighted by molar-refractivity contribution is -0.116. The Kier molecular flexibility index (Phi) is 6.99. The van der Waals surface area contributed by atoms with Gasteiger partial charge in [-0.05, 0) is 38.4 Å².